The Bertz CT molecular complexity index is 42.9. The summed E-state index contributed by atoms with van der Waals surface area (Å²) in [5.74, 6) is 8.07. The predicted octanol–water partition coefficient (Wildman–Crippen LogP) is 2.85. The van der Waals surface area contributed by atoms with Crippen LogP contribution in [0.5, 0.6) is 0 Å². The SMILES string of the molecule is C1CSCCSSCCS1. The van der Waals surface area contributed by atoms with Gasteiger partial charge in [-0.15, -0.1) is 0 Å². The van der Waals surface area contributed by atoms with Crippen molar-refractivity contribution in [3.8, 4) is 0 Å². The van der Waals surface area contributed by atoms with Crippen LogP contribution in [0.3, 0.4) is 0 Å². The van der Waals surface area contributed by atoms with Gasteiger partial charge in [0.05, 0.1) is 0 Å². The highest BCUT2D eigenvalue weighted by molar-refractivity contribution is 8.76. The minimum absolute atomic E-state index is 1.33. The molecule has 60 valence electrons. The summed E-state index contributed by atoms with van der Waals surface area (Å²) in [6.07, 6.45) is 0. The molecule has 1 saturated heterocycles. The number of hydrogen-bond acceptors (Lipinski definition) is 4. The van der Waals surface area contributed by atoms with Crippen molar-refractivity contribution in [3.63, 3.8) is 0 Å². The fourth-order valence-electron chi connectivity index (χ4n) is 0.626. The lowest BCUT2D eigenvalue weighted by Crippen LogP contribution is -1.93. The van der Waals surface area contributed by atoms with Crippen LogP contribution in [-0.2, 0) is 0 Å². The second kappa shape index (κ2) is 7.07. The third-order valence-corrected chi connectivity index (χ3v) is 6.23. The van der Waals surface area contributed by atoms with E-state index in [-0.39, 0.29) is 0 Å². The van der Waals surface area contributed by atoms with Crippen LogP contribution in [0.15, 0.2) is 0 Å². The predicted molar refractivity (Wildman–Crippen MR) is 59.6 cm³/mol. The summed E-state index contributed by atoms with van der Waals surface area (Å²) >= 11 is 4.19. The van der Waals surface area contributed by atoms with Gasteiger partial charge in [-0.2, -0.15) is 23.5 Å². The second-order valence-corrected chi connectivity index (χ2v) is 7.02. The second-order valence-electron chi connectivity index (χ2n) is 1.87. The van der Waals surface area contributed by atoms with E-state index < -0.39 is 0 Å². The molecule has 0 amide bonds. The van der Waals surface area contributed by atoms with Gasteiger partial charge in [-0.3, -0.25) is 0 Å². The molecule has 1 rings (SSSR count). The normalized spacial score (nSPS) is 24.0. The third kappa shape index (κ3) is 5.10. The van der Waals surface area contributed by atoms with Crippen molar-refractivity contribution in [2.24, 2.45) is 0 Å². The van der Waals surface area contributed by atoms with E-state index in [9.17, 15) is 0 Å². The first-order chi connectivity index (χ1) is 5.00. The highest BCUT2D eigenvalue weighted by Crippen LogP contribution is 2.25. The summed E-state index contributed by atoms with van der Waals surface area (Å²) in [7, 11) is 4.07. The first-order valence-corrected chi connectivity index (χ1v) is 8.20. The lowest BCUT2D eigenvalue weighted by molar-refractivity contribution is 1.46. The summed E-state index contributed by atoms with van der Waals surface area (Å²) in [6, 6.07) is 0. The van der Waals surface area contributed by atoms with E-state index in [0.717, 1.165) is 0 Å². The van der Waals surface area contributed by atoms with Gasteiger partial charge in [0.15, 0.2) is 0 Å². The number of rotatable bonds is 0. The summed E-state index contributed by atoms with van der Waals surface area (Å²) in [4.78, 5) is 0. The Kier molecular flexibility index (Phi) is 6.71. The first kappa shape index (κ1) is 9.49. The molecule has 0 atom stereocenters. The maximum absolute atomic E-state index is 2.10. The van der Waals surface area contributed by atoms with Crippen LogP contribution in [0.1, 0.15) is 0 Å². The molecule has 1 fully saturated rings. The van der Waals surface area contributed by atoms with Gasteiger partial charge in [0.25, 0.3) is 0 Å². The van der Waals surface area contributed by atoms with Crippen molar-refractivity contribution in [2.45, 2.75) is 0 Å². The maximum atomic E-state index is 2.10. The Morgan fingerprint density at radius 1 is 0.500 bits per heavy atom. The van der Waals surface area contributed by atoms with Crippen LogP contribution in [-0.4, -0.2) is 34.5 Å². The molecule has 0 aromatic carbocycles. The molecule has 0 radical (unpaired) electrons. The zero-order chi connectivity index (χ0) is 7.07. The van der Waals surface area contributed by atoms with Gasteiger partial charge < -0.3 is 0 Å². The average molecular weight is 212 g/mol. The Hall–Kier alpha value is 1.40. The molecule has 4 heteroatoms. The molecule has 0 aromatic heterocycles. The van der Waals surface area contributed by atoms with Crippen molar-refractivity contribution in [1.29, 1.82) is 0 Å². The Morgan fingerprint density at radius 3 is 1.40 bits per heavy atom. The molecule has 0 saturated carbocycles. The maximum Gasteiger partial charge on any atom is 0.0128 e. The molecule has 0 spiro atoms. The Balaban J connectivity index is 2.00. The summed E-state index contributed by atoms with van der Waals surface area (Å²) < 4.78 is 0. The lowest BCUT2D eigenvalue weighted by Gasteiger charge is -2.05. The molecule has 1 aliphatic heterocycles. The van der Waals surface area contributed by atoms with Crippen LogP contribution in [0, 0.1) is 0 Å². The molecule has 0 aromatic rings. The molecular weight excluding hydrogens is 200 g/mol. The lowest BCUT2D eigenvalue weighted by atomic mass is 10.9. The molecule has 1 aliphatic rings. The van der Waals surface area contributed by atoms with Gasteiger partial charge in [0.2, 0.25) is 0 Å². The average Bonchev–Trinajstić information content (AvgIpc) is 2.01. The van der Waals surface area contributed by atoms with E-state index in [2.05, 4.69) is 23.5 Å². The van der Waals surface area contributed by atoms with Gasteiger partial charge in [0.1, 0.15) is 0 Å². The molecule has 10 heavy (non-hydrogen) atoms. The zero-order valence-corrected chi connectivity index (χ0v) is 9.14. The highest BCUT2D eigenvalue weighted by atomic mass is 33.1. The fraction of sp³-hybridized carbons (Fsp3) is 1.00. The molecule has 0 N–H and O–H groups in total. The van der Waals surface area contributed by atoms with E-state index in [1.165, 1.54) is 34.5 Å². The molecular formula is C6H12S4. The largest absolute Gasteiger partial charge is 0.160 e. The van der Waals surface area contributed by atoms with Gasteiger partial charge in [-0.05, 0) is 0 Å². The van der Waals surface area contributed by atoms with Crippen molar-refractivity contribution in [2.75, 3.05) is 34.5 Å². The smallest absolute Gasteiger partial charge is 0.0128 e. The highest BCUT2D eigenvalue weighted by Gasteiger charge is 1.96. The summed E-state index contributed by atoms with van der Waals surface area (Å²) in [6.45, 7) is 0. The van der Waals surface area contributed by atoms with Crippen molar-refractivity contribution in [1.82, 2.24) is 0 Å². The Morgan fingerprint density at radius 2 is 0.900 bits per heavy atom. The number of hydrogen-bond donors (Lipinski definition) is 0. The topological polar surface area (TPSA) is 0 Å². The molecule has 0 bridgehead atoms. The number of thioether (sulfide) groups is 2. The molecule has 0 aliphatic carbocycles. The standard InChI is InChI=1S/C6H12S4/c1-2-8-4-6-10-9-5-3-7-1/h1-6H2. The van der Waals surface area contributed by atoms with Gasteiger partial charge in [0, 0.05) is 34.5 Å². The van der Waals surface area contributed by atoms with E-state index in [1.54, 1.807) is 0 Å². The van der Waals surface area contributed by atoms with E-state index >= 15 is 0 Å². The minimum Gasteiger partial charge on any atom is -0.160 e. The minimum atomic E-state index is 1.33. The quantitative estimate of drug-likeness (QED) is 0.566. The van der Waals surface area contributed by atoms with E-state index in [0.29, 0.717) is 0 Å². The zero-order valence-electron chi connectivity index (χ0n) is 5.88. The fourth-order valence-corrected chi connectivity index (χ4v) is 5.63. The van der Waals surface area contributed by atoms with Crippen LogP contribution in [0.4, 0.5) is 0 Å². The molecule has 0 unspecified atom stereocenters. The molecule has 1 heterocycles. The van der Waals surface area contributed by atoms with Gasteiger partial charge in [-0.25, -0.2) is 0 Å². The van der Waals surface area contributed by atoms with Crippen molar-refractivity contribution < 1.29 is 0 Å². The summed E-state index contributed by atoms with van der Waals surface area (Å²) in [5, 5.41) is 0. The monoisotopic (exact) mass is 212 g/mol. The Labute approximate surface area is 79.5 Å². The molecule has 0 nitrogen and oxygen atoms in total. The van der Waals surface area contributed by atoms with Crippen molar-refractivity contribution >= 4 is 45.1 Å². The van der Waals surface area contributed by atoms with E-state index in [1.807, 2.05) is 21.6 Å². The van der Waals surface area contributed by atoms with Crippen LogP contribution in [0.25, 0.3) is 0 Å². The summed E-state index contributed by atoms with van der Waals surface area (Å²) in [5.41, 5.74) is 0. The van der Waals surface area contributed by atoms with Gasteiger partial charge >= 0.3 is 0 Å². The van der Waals surface area contributed by atoms with Crippen molar-refractivity contribution in [3.05, 3.63) is 0 Å². The van der Waals surface area contributed by atoms with Gasteiger partial charge in [-0.1, -0.05) is 21.6 Å². The third-order valence-electron chi connectivity index (χ3n) is 1.08. The first-order valence-electron chi connectivity index (χ1n) is 3.40. The van der Waals surface area contributed by atoms with E-state index in [4.69, 9.17) is 0 Å². The van der Waals surface area contributed by atoms with Crippen LogP contribution in [0.2, 0.25) is 0 Å². The van der Waals surface area contributed by atoms with Crippen LogP contribution < -0.4 is 0 Å². The van der Waals surface area contributed by atoms with Crippen LogP contribution >= 0.6 is 45.1 Å².